The number of aryl methyl sites for hydroxylation is 2. The van der Waals surface area contributed by atoms with Gasteiger partial charge in [-0.1, -0.05) is 6.07 Å². The van der Waals surface area contributed by atoms with E-state index in [1.54, 1.807) is 0 Å². The Bertz CT molecular complexity index is 720. The number of β-amino-alcohol motifs (C(OH)–C–C–N with tert-alkyl or cyclic N) is 1. The van der Waals surface area contributed by atoms with Crippen molar-refractivity contribution in [1.29, 1.82) is 0 Å². The van der Waals surface area contributed by atoms with Crippen molar-refractivity contribution < 1.29 is 14.6 Å². The highest BCUT2D eigenvalue weighted by Gasteiger charge is 2.16. The number of ether oxygens (including phenoxy) is 1. The maximum absolute atomic E-state index is 12.3. The average molecular weight is 331 g/mol. The van der Waals surface area contributed by atoms with Gasteiger partial charge >= 0.3 is 0 Å². The number of aliphatic hydroxyl groups is 1. The van der Waals surface area contributed by atoms with E-state index in [-0.39, 0.29) is 12.5 Å². The predicted molar refractivity (Wildman–Crippen MR) is 93.4 cm³/mol. The Kier molecular flexibility index (Phi) is 5.18. The number of amides is 1. The van der Waals surface area contributed by atoms with E-state index in [2.05, 4.69) is 21.3 Å². The standard InChI is InChI=1S/C18H25N3O3/c1-12-7-13(2)15-9-17(20-16(15)8-12)18(23)19-10-14(22)11-21-3-5-24-6-4-21/h7-9,14,20,22H,3-6,10-11H2,1-2H3,(H,19,23). The lowest BCUT2D eigenvalue weighted by Gasteiger charge is -2.28. The molecule has 1 atom stereocenters. The van der Waals surface area contributed by atoms with Crippen LogP contribution in [0.15, 0.2) is 18.2 Å². The molecule has 0 saturated carbocycles. The van der Waals surface area contributed by atoms with Gasteiger partial charge < -0.3 is 20.1 Å². The Morgan fingerprint density at radius 2 is 2.08 bits per heavy atom. The first kappa shape index (κ1) is 17.0. The Morgan fingerprint density at radius 1 is 1.33 bits per heavy atom. The summed E-state index contributed by atoms with van der Waals surface area (Å²) >= 11 is 0. The molecule has 2 aromatic rings. The summed E-state index contributed by atoms with van der Waals surface area (Å²) in [6.45, 7) is 7.92. The van der Waals surface area contributed by atoms with Gasteiger partial charge in [-0.05, 0) is 37.1 Å². The van der Waals surface area contributed by atoms with Gasteiger partial charge in [0.1, 0.15) is 5.69 Å². The number of rotatable bonds is 5. The topological polar surface area (TPSA) is 77.6 Å². The van der Waals surface area contributed by atoms with E-state index >= 15 is 0 Å². The molecule has 1 aromatic heterocycles. The first-order valence-corrected chi connectivity index (χ1v) is 8.39. The van der Waals surface area contributed by atoms with Crippen LogP contribution >= 0.6 is 0 Å². The van der Waals surface area contributed by atoms with E-state index in [0.717, 1.165) is 35.1 Å². The van der Waals surface area contributed by atoms with Gasteiger partial charge in [-0.3, -0.25) is 9.69 Å². The summed E-state index contributed by atoms with van der Waals surface area (Å²) < 4.78 is 5.29. The molecule has 1 saturated heterocycles. The lowest BCUT2D eigenvalue weighted by molar-refractivity contribution is 0.0149. The minimum Gasteiger partial charge on any atom is -0.390 e. The quantitative estimate of drug-likeness (QED) is 0.770. The van der Waals surface area contributed by atoms with Crippen LogP contribution in [0.5, 0.6) is 0 Å². The molecule has 1 aromatic carbocycles. The zero-order valence-corrected chi connectivity index (χ0v) is 14.3. The number of morpholine rings is 1. The molecule has 0 spiro atoms. The summed E-state index contributed by atoms with van der Waals surface area (Å²) in [5, 5.41) is 14.0. The first-order chi connectivity index (χ1) is 11.5. The fourth-order valence-electron chi connectivity index (χ4n) is 3.17. The Labute approximate surface area is 141 Å². The van der Waals surface area contributed by atoms with E-state index < -0.39 is 6.10 Å². The Morgan fingerprint density at radius 3 is 2.83 bits per heavy atom. The fourth-order valence-corrected chi connectivity index (χ4v) is 3.17. The monoisotopic (exact) mass is 331 g/mol. The number of nitrogens with one attached hydrogen (secondary N) is 2. The molecule has 1 aliphatic heterocycles. The lowest BCUT2D eigenvalue weighted by atomic mass is 10.1. The summed E-state index contributed by atoms with van der Waals surface area (Å²) in [4.78, 5) is 17.6. The second-order valence-electron chi connectivity index (χ2n) is 6.50. The molecular formula is C18H25N3O3. The first-order valence-electron chi connectivity index (χ1n) is 8.39. The molecule has 1 amide bonds. The van der Waals surface area contributed by atoms with E-state index in [1.807, 2.05) is 26.0 Å². The van der Waals surface area contributed by atoms with Gasteiger partial charge in [0.15, 0.2) is 0 Å². The van der Waals surface area contributed by atoms with Crippen molar-refractivity contribution in [2.24, 2.45) is 0 Å². The third kappa shape index (κ3) is 3.95. The van der Waals surface area contributed by atoms with Crippen molar-refractivity contribution in [3.63, 3.8) is 0 Å². The van der Waals surface area contributed by atoms with Crippen LogP contribution in [0.1, 0.15) is 21.6 Å². The van der Waals surface area contributed by atoms with Gasteiger partial charge in [-0.25, -0.2) is 0 Å². The van der Waals surface area contributed by atoms with E-state index in [0.29, 0.717) is 25.5 Å². The molecule has 6 heteroatoms. The molecule has 2 heterocycles. The summed E-state index contributed by atoms with van der Waals surface area (Å²) in [5.41, 5.74) is 3.80. The zero-order valence-electron chi connectivity index (χ0n) is 14.3. The lowest BCUT2D eigenvalue weighted by Crippen LogP contribution is -2.44. The number of aromatic nitrogens is 1. The summed E-state index contributed by atoms with van der Waals surface area (Å²) in [6.07, 6.45) is -0.583. The number of carbonyl (C=O) groups is 1. The summed E-state index contributed by atoms with van der Waals surface area (Å²) in [6, 6.07) is 6.00. The van der Waals surface area contributed by atoms with Crippen molar-refractivity contribution in [1.82, 2.24) is 15.2 Å². The van der Waals surface area contributed by atoms with E-state index in [4.69, 9.17) is 4.74 Å². The number of fused-ring (bicyclic) bond motifs is 1. The van der Waals surface area contributed by atoms with Crippen LogP contribution in [0.25, 0.3) is 10.9 Å². The molecule has 0 aliphatic carbocycles. The van der Waals surface area contributed by atoms with E-state index in [9.17, 15) is 9.90 Å². The van der Waals surface area contributed by atoms with Gasteiger partial charge in [0.05, 0.1) is 19.3 Å². The van der Waals surface area contributed by atoms with Crippen LogP contribution in [-0.4, -0.2) is 66.4 Å². The largest absolute Gasteiger partial charge is 0.390 e. The maximum atomic E-state index is 12.3. The SMILES string of the molecule is Cc1cc(C)c2cc(C(=O)NCC(O)CN3CCOCC3)[nH]c2c1. The van der Waals surface area contributed by atoms with Crippen LogP contribution in [0, 0.1) is 13.8 Å². The van der Waals surface area contributed by atoms with Gasteiger partial charge in [0.25, 0.3) is 5.91 Å². The molecule has 1 unspecified atom stereocenters. The highest BCUT2D eigenvalue weighted by molar-refractivity contribution is 5.99. The molecule has 0 bridgehead atoms. The molecule has 3 rings (SSSR count). The number of hydrogen-bond acceptors (Lipinski definition) is 4. The molecular weight excluding hydrogens is 306 g/mol. The van der Waals surface area contributed by atoms with Crippen LogP contribution in [-0.2, 0) is 4.74 Å². The van der Waals surface area contributed by atoms with Crippen molar-refractivity contribution >= 4 is 16.8 Å². The zero-order chi connectivity index (χ0) is 17.1. The predicted octanol–water partition coefficient (Wildman–Crippen LogP) is 1.21. The number of carbonyl (C=O) groups excluding carboxylic acids is 1. The summed E-state index contributed by atoms with van der Waals surface area (Å²) in [5.74, 6) is -0.190. The molecule has 3 N–H and O–H groups in total. The number of H-pyrrole nitrogens is 1. The number of hydrogen-bond donors (Lipinski definition) is 3. The number of aliphatic hydroxyl groups excluding tert-OH is 1. The normalized spacial score (nSPS) is 17.1. The van der Waals surface area contributed by atoms with Crippen LogP contribution in [0.2, 0.25) is 0 Å². The van der Waals surface area contributed by atoms with Crippen molar-refractivity contribution in [2.45, 2.75) is 20.0 Å². The Hall–Kier alpha value is -1.89. The fraction of sp³-hybridized carbons (Fsp3) is 0.500. The third-order valence-electron chi connectivity index (χ3n) is 4.40. The van der Waals surface area contributed by atoms with Crippen LogP contribution in [0.4, 0.5) is 0 Å². The van der Waals surface area contributed by atoms with Gasteiger partial charge in [-0.2, -0.15) is 0 Å². The molecule has 0 radical (unpaired) electrons. The number of benzene rings is 1. The minimum absolute atomic E-state index is 0.190. The summed E-state index contributed by atoms with van der Waals surface area (Å²) in [7, 11) is 0. The number of nitrogens with zero attached hydrogens (tertiary/aromatic N) is 1. The second kappa shape index (κ2) is 7.34. The minimum atomic E-state index is -0.583. The van der Waals surface area contributed by atoms with Crippen molar-refractivity contribution in [2.75, 3.05) is 39.4 Å². The third-order valence-corrected chi connectivity index (χ3v) is 4.40. The molecule has 1 fully saturated rings. The van der Waals surface area contributed by atoms with Crippen molar-refractivity contribution in [3.8, 4) is 0 Å². The highest BCUT2D eigenvalue weighted by atomic mass is 16.5. The molecule has 130 valence electrons. The van der Waals surface area contributed by atoms with Gasteiger partial charge in [-0.15, -0.1) is 0 Å². The molecule has 24 heavy (non-hydrogen) atoms. The average Bonchev–Trinajstić information content (AvgIpc) is 2.98. The Balaban J connectivity index is 1.57. The number of aromatic amines is 1. The smallest absolute Gasteiger partial charge is 0.267 e. The highest BCUT2D eigenvalue weighted by Crippen LogP contribution is 2.21. The van der Waals surface area contributed by atoms with Gasteiger partial charge in [0, 0.05) is 37.1 Å². The van der Waals surface area contributed by atoms with E-state index in [1.165, 1.54) is 0 Å². The maximum Gasteiger partial charge on any atom is 0.267 e. The van der Waals surface area contributed by atoms with Crippen molar-refractivity contribution in [3.05, 3.63) is 35.0 Å². The second-order valence-corrected chi connectivity index (χ2v) is 6.50. The molecule has 6 nitrogen and oxygen atoms in total. The van der Waals surface area contributed by atoms with Crippen LogP contribution in [0.3, 0.4) is 0 Å². The molecule has 1 aliphatic rings. The van der Waals surface area contributed by atoms with Crippen LogP contribution < -0.4 is 5.32 Å². The van der Waals surface area contributed by atoms with Gasteiger partial charge in [0.2, 0.25) is 0 Å².